The lowest BCUT2D eigenvalue weighted by Gasteiger charge is -2.22. The Kier molecular flexibility index (Phi) is 6.23. The second kappa shape index (κ2) is 8.39. The molecule has 0 aliphatic heterocycles. The van der Waals surface area contributed by atoms with Gasteiger partial charge in [0.15, 0.2) is 0 Å². The lowest BCUT2D eigenvalue weighted by Crippen LogP contribution is -2.38. The molecule has 2 N–H and O–H groups in total. The van der Waals surface area contributed by atoms with E-state index in [0.717, 1.165) is 23.8 Å². The lowest BCUT2D eigenvalue weighted by molar-refractivity contribution is -0.130. The first-order valence-corrected chi connectivity index (χ1v) is 7.56. The van der Waals surface area contributed by atoms with Crippen LogP contribution < -0.4 is 5.73 Å². The number of rotatable bonds is 7. The quantitative estimate of drug-likeness (QED) is 0.853. The summed E-state index contributed by atoms with van der Waals surface area (Å²) in [5.74, 6) is -1.38. The van der Waals surface area contributed by atoms with Crippen molar-refractivity contribution in [1.29, 1.82) is 0 Å². The molecule has 2 aromatic rings. The number of amides is 1. The summed E-state index contributed by atoms with van der Waals surface area (Å²) in [6, 6.07) is 12.9. The topological polar surface area (TPSA) is 46.3 Å². The maximum Gasteiger partial charge on any atom is 0.227 e. The fourth-order valence-corrected chi connectivity index (χ4v) is 2.38. The van der Waals surface area contributed by atoms with E-state index in [-0.39, 0.29) is 17.9 Å². The summed E-state index contributed by atoms with van der Waals surface area (Å²) in [4.78, 5) is 14.0. The molecule has 2 rings (SSSR count). The van der Waals surface area contributed by atoms with E-state index in [2.05, 4.69) is 0 Å². The van der Waals surface area contributed by atoms with Gasteiger partial charge in [-0.15, -0.1) is 0 Å². The third kappa shape index (κ3) is 5.14. The van der Waals surface area contributed by atoms with E-state index in [1.807, 2.05) is 30.3 Å². The molecule has 0 atom stereocenters. The first-order valence-electron chi connectivity index (χ1n) is 7.56. The van der Waals surface area contributed by atoms with E-state index < -0.39 is 11.6 Å². The maximum atomic E-state index is 13.7. The average Bonchev–Trinajstić information content (AvgIpc) is 2.55. The first-order chi connectivity index (χ1) is 11.1. The van der Waals surface area contributed by atoms with Crippen molar-refractivity contribution in [2.75, 3.05) is 19.6 Å². The summed E-state index contributed by atoms with van der Waals surface area (Å²) in [6.07, 6.45) is 0.524. The SMILES string of the molecule is NCCN(CCc1ccccc1)C(=O)Cc1cc(F)ccc1F. The Hall–Kier alpha value is -2.27. The lowest BCUT2D eigenvalue weighted by atomic mass is 10.1. The molecular weight excluding hydrogens is 298 g/mol. The second-order valence-corrected chi connectivity index (χ2v) is 5.32. The van der Waals surface area contributed by atoms with Crippen LogP contribution in [0.15, 0.2) is 48.5 Å². The van der Waals surface area contributed by atoms with Gasteiger partial charge in [-0.25, -0.2) is 8.78 Å². The Morgan fingerprint density at radius 1 is 1.04 bits per heavy atom. The molecule has 0 aliphatic rings. The number of halogens is 2. The van der Waals surface area contributed by atoms with Gasteiger partial charge in [-0.05, 0) is 30.2 Å². The van der Waals surface area contributed by atoms with Crippen molar-refractivity contribution >= 4 is 5.91 Å². The smallest absolute Gasteiger partial charge is 0.227 e. The average molecular weight is 318 g/mol. The monoisotopic (exact) mass is 318 g/mol. The number of carbonyl (C=O) groups excluding carboxylic acids is 1. The Morgan fingerprint density at radius 2 is 1.78 bits per heavy atom. The molecule has 5 heteroatoms. The van der Waals surface area contributed by atoms with Crippen molar-refractivity contribution in [2.24, 2.45) is 5.73 Å². The van der Waals surface area contributed by atoms with Gasteiger partial charge in [0, 0.05) is 25.2 Å². The van der Waals surface area contributed by atoms with Crippen LogP contribution in [0.3, 0.4) is 0 Å². The van der Waals surface area contributed by atoms with Gasteiger partial charge in [-0.2, -0.15) is 0 Å². The van der Waals surface area contributed by atoms with Crippen LogP contribution in [-0.2, 0) is 17.6 Å². The molecule has 122 valence electrons. The van der Waals surface area contributed by atoms with Gasteiger partial charge in [-0.3, -0.25) is 4.79 Å². The zero-order valence-electron chi connectivity index (χ0n) is 12.8. The van der Waals surface area contributed by atoms with E-state index in [1.54, 1.807) is 4.90 Å². The molecule has 23 heavy (non-hydrogen) atoms. The summed E-state index contributed by atoms with van der Waals surface area (Å²) < 4.78 is 26.9. The summed E-state index contributed by atoms with van der Waals surface area (Å²) in [5.41, 5.74) is 6.73. The highest BCUT2D eigenvalue weighted by molar-refractivity contribution is 5.78. The molecule has 0 saturated heterocycles. The Bertz CT molecular complexity index is 647. The molecule has 2 aromatic carbocycles. The third-order valence-electron chi connectivity index (χ3n) is 3.61. The van der Waals surface area contributed by atoms with Crippen LogP contribution in [0, 0.1) is 11.6 Å². The predicted octanol–water partition coefficient (Wildman–Crippen LogP) is 2.54. The van der Waals surface area contributed by atoms with Crippen LogP contribution in [0.25, 0.3) is 0 Å². The molecule has 0 spiro atoms. The van der Waals surface area contributed by atoms with Crippen LogP contribution in [0.5, 0.6) is 0 Å². The molecule has 0 aliphatic carbocycles. The van der Waals surface area contributed by atoms with Crippen LogP contribution in [0.4, 0.5) is 8.78 Å². The van der Waals surface area contributed by atoms with E-state index in [4.69, 9.17) is 5.73 Å². The van der Waals surface area contributed by atoms with Crippen molar-refractivity contribution in [3.63, 3.8) is 0 Å². The van der Waals surface area contributed by atoms with Crippen LogP contribution in [0.1, 0.15) is 11.1 Å². The van der Waals surface area contributed by atoms with Gasteiger partial charge < -0.3 is 10.6 Å². The van der Waals surface area contributed by atoms with Gasteiger partial charge in [0.1, 0.15) is 11.6 Å². The number of hydrogen-bond acceptors (Lipinski definition) is 2. The molecule has 0 radical (unpaired) electrons. The van der Waals surface area contributed by atoms with Crippen LogP contribution in [0.2, 0.25) is 0 Å². The molecule has 0 fully saturated rings. The van der Waals surface area contributed by atoms with Gasteiger partial charge in [0.05, 0.1) is 6.42 Å². The maximum absolute atomic E-state index is 13.7. The highest BCUT2D eigenvalue weighted by Crippen LogP contribution is 2.12. The summed E-state index contributed by atoms with van der Waals surface area (Å²) >= 11 is 0. The minimum Gasteiger partial charge on any atom is -0.341 e. The molecule has 0 heterocycles. The number of benzene rings is 2. The normalized spacial score (nSPS) is 10.6. The first kappa shape index (κ1) is 17.1. The van der Waals surface area contributed by atoms with Crippen molar-refractivity contribution < 1.29 is 13.6 Å². The summed E-state index contributed by atoms with van der Waals surface area (Å²) in [5, 5.41) is 0. The largest absolute Gasteiger partial charge is 0.341 e. The molecule has 1 amide bonds. The van der Waals surface area contributed by atoms with Gasteiger partial charge >= 0.3 is 0 Å². The van der Waals surface area contributed by atoms with Crippen molar-refractivity contribution in [2.45, 2.75) is 12.8 Å². The second-order valence-electron chi connectivity index (χ2n) is 5.32. The van der Waals surface area contributed by atoms with Gasteiger partial charge in [0.2, 0.25) is 5.91 Å². The molecule has 3 nitrogen and oxygen atoms in total. The minimum absolute atomic E-state index is 0.0664. The van der Waals surface area contributed by atoms with Crippen molar-refractivity contribution in [1.82, 2.24) is 4.90 Å². The minimum atomic E-state index is -0.574. The molecule has 0 saturated carbocycles. The Labute approximate surface area is 134 Å². The molecule has 0 bridgehead atoms. The van der Waals surface area contributed by atoms with E-state index >= 15 is 0 Å². The highest BCUT2D eigenvalue weighted by atomic mass is 19.1. The summed E-state index contributed by atoms with van der Waals surface area (Å²) in [6.45, 7) is 1.21. The summed E-state index contributed by atoms with van der Waals surface area (Å²) in [7, 11) is 0. The Morgan fingerprint density at radius 3 is 2.48 bits per heavy atom. The van der Waals surface area contributed by atoms with Gasteiger partial charge in [0.25, 0.3) is 0 Å². The van der Waals surface area contributed by atoms with Crippen LogP contribution >= 0.6 is 0 Å². The number of hydrogen-bond donors (Lipinski definition) is 1. The molecule has 0 unspecified atom stereocenters. The van der Waals surface area contributed by atoms with Crippen molar-refractivity contribution in [3.8, 4) is 0 Å². The Balaban J connectivity index is 2.01. The molecule has 0 aromatic heterocycles. The third-order valence-corrected chi connectivity index (χ3v) is 3.61. The number of nitrogens with two attached hydrogens (primary N) is 1. The number of nitrogens with zero attached hydrogens (tertiary/aromatic N) is 1. The fraction of sp³-hybridized carbons (Fsp3) is 0.278. The molecular formula is C18H20F2N2O. The van der Waals surface area contributed by atoms with E-state index in [1.165, 1.54) is 0 Å². The van der Waals surface area contributed by atoms with Crippen molar-refractivity contribution in [3.05, 3.63) is 71.3 Å². The van der Waals surface area contributed by atoms with Crippen LogP contribution in [-0.4, -0.2) is 30.4 Å². The van der Waals surface area contributed by atoms with E-state index in [9.17, 15) is 13.6 Å². The fourth-order valence-electron chi connectivity index (χ4n) is 2.38. The van der Waals surface area contributed by atoms with E-state index in [0.29, 0.717) is 26.1 Å². The zero-order chi connectivity index (χ0) is 16.7. The van der Waals surface area contributed by atoms with Gasteiger partial charge in [-0.1, -0.05) is 30.3 Å². The standard InChI is InChI=1S/C18H20F2N2O/c19-16-6-7-17(20)15(12-16)13-18(23)22(11-9-21)10-8-14-4-2-1-3-5-14/h1-7,12H,8-11,13,21H2. The zero-order valence-corrected chi connectivity index (χ0v) is 12.8. The highest BCUT2D eigenvalue weighted by Gasteiger charge is 2.16. The number of carbonyl (C=O) groups is 1. The predicted molar refractivity (Wildman–Crippen MR) is 85.8 cm³/mol.